The van der Waals surface area contributed by atoms with Crippen molar-refractivity contribution in [3.63, 3.8) is 0 Å². The summed E-state index contributed by atoms with van der Waals surface area (Å²) in [5.41, 5.74) is 3.32. The number of methoxy groups -OCH3 is 1. The SMILES string of the molecule is COc1ccc(-n2nc3ccc(NC(=O)c4ccccc4)cc3n2)cc1Cl. The van der Waals surface area contributed by atoms with Gasteiger partial charge in [0.25, 0.3) is 5.91 Å². The van der Waals surface area contributed by atoms with Gasteiger partial charge in [-0.25, -0.2) is 0 Å². The molecule has 0 aliphatic rings. The van der Waals surface area contributed by atoms with E-state index >= 15 is 0 Å². The number of halogens is 1. The molecule has 27 heavy (non-hydrogen) atoms. The Bertz CT molecular complexity index is 1130. The first-order chi connectivity index (χ1) is 13.1. The second-order valence-electron chi connectivity index (χ2n) is 5.83. The summed E-state index contributed by atoms with van der Waals surface area (Å²) in [5, 5.41) is 12.3. The molecule has 1 amide bonds. The fraction of sp³-hybridized carbons (Fsp3) is 0.0500. The molecule has 0 saturated heterocycles. The highest BCUT2D eigenvalue weighted by molar-refractivity contribution is 6.32. The predicted molar refractivity (Wildman–Crippen MR) is 105 cm³/mol. The number of hydrogen-bond donors (Lipinski definition) is 1. The molecule has 1 heterocycles. The van der Waals surface area contributed by atoms with Gasteiger partial charge in [0.1, 0.15) is 16.8 Å². The number of rotatable bonds is 4. The lowest BCUT2D eigenvalue weighted by Crippen LogP contribution is -2.11. The summed E-state index contributed by atoms with van der Waals surface area (Å²) in [4.78, 5) is 13.8. The van der Waals surface area contributed by atoms with Crippen molar-refractivity contribution in [3.8, 4) is 11.4 Å². The molecule has 0 fully saturated rings. The van der Waals surface area contributed by atoms with E-state index in [1.54, 1.807) is 43.5 Å². The normalized spacial score (nSPS) is 10.7. The molecule has 0 bridgehead atoms. The predicted octanol–water partition coefficient (Wildman–Crippen LogP) is 4.33. The summed E-state index contributed by atoms with van der Waals surface area (Å²) < 4.78 is 5.16. The van der Waals surface area contributed by atoms with Crippen LogP contribution in [0.25, 0.3) is 16.7 Å². The van der Waals surface area contributed by atoms with Crippen LogP contribution >= 0.6 is 11.6 Å². The van der Waals surface area contributed by atoms with Crippen LogP contribution in [0.2, 0.25) is 5.02 Å². The molecule has 1 N–H and O–H groups in total. The smallest absolute Gasteiger partial charge is 0.255 e. The van der Waals surface area contributed by atoms with Crippen LogP contribution in [0.5, 0.6) is 5.75 Å². The number of ether oxygens (including phenoxy) is 1. The molecule has 0 aliphatic carbocycles. The van der Waals surface area contributed by atoms with E-state index in [9.17, 15) is 4.79 Å². The molecular weight excluding hydrogens is 364 g/mol. The summed E-state index contributed by atoms with van der Waals surface area (Å²) in [7, 11) is 1.56. The van der Waals surface area contributed by atoms with Gasteiger partial charge in [-0.1, -0.05) is 29.8 Å². The number of benzene rings is 3. The number of nitrogens with zero attached hydrogens (tertiary/aromatic N) is 3. The van der Waals surface area contributed by atoms with E-state index in [2.05, 4.69) is 15.5 Å². The van der Waals surface area contributed by atoms with Gasteiger partial charge in [0.2, 0.25) is 0 Å². The van der Waals surface area contributed by atoms with Crippen LogP contribution in [0, 0.1) is 0 Å². The highest BCUT2D eigenvalue weighted by atomic mass is 35.5. The van der Waals surface area contributed by atoms with Crippen LogP contribution in [0.4, 0.5) is 5.69 Å². The quantitative estimate of drug-likeness (QED) is 0.573. The van der Waals surface area contributed by atoms with Crippen molar-refractivity contribution in [2.45, 2.75) is 0 Å². The Morgan fingerprint density at radius 2 is 1.78 bits per heavy atom. The van der Waals surface area contributed by atoms with Crippen LogP contribution in [0.15, 0.2) is 66.7 Å². The number of hydrogen-bond acceptors (Lipinski definition) is 4. The summed E-state index contributed by atoms with van der Waals surface area (Å²) in [6.45, 7) is 0. The van der Waals surface area contributed by atoms with Crippen LogP contribution in [0.1, 0.15) is 10.4 Å². The number of nitrogens with one attached hydrogen (secondary N) is 1. The first-order valence-corrected chi connectivity index (χ1v) is 8.59. The average molecular weight is 379 g/mol. The van der Waals surface area contributed by atoms with Gasteiger partial charge in [-0.05, 0) is 48.5 Å². The molecular formula is C20H15ClN4O2. The van der Waals surface area contributed by atoms with Crippen molar-refractivity contribution >= 4 is 34.2 Å². The fourth-order valence-electron chi connectivity index (χ4n) is 2.68. The third-order valence-electron chi connectivity index (χ3n) is 4.04. The van der Waals surface area contributed by atoms with Crippen molar-refractivity contribution in [2.75, 3.05) is 12.4 Å². The first-order valence-electron chi connectivity index (χ1n) is 8.21. The lowest BCUT2D eigenvalue weighted by molar-refractivity contribution is 0.102. The lowest BCUT2D eigenvalue weighted by atomic mass is 10.2. The Morgan fingerprint density at radius 3 is 2.52 bits per heavy atom. The molecule has 3 aromatic carbocycles. The van der Waals surface area contributed by atoms with Crippen LogP contribution < -0.4 is 10.1 Å². The maximum Gasteiger partial charge on any atom is 0.255 e. The van der Waals surface area contributed by atoms with Gasteiger partial charge in [0.05, 0.1) is 17.8 Å². The highest BCUT2D eigenvalue weighted by Crippen LogP contribution is 2.26. The molecule has 1 aromatic heterocycles. The number of amides is 1. The fourth-order valence-corrected chi connectivity index (χ4v) is 2.93. The van der Waals surface area contributed by atoms with Crippen molar-refractivity contribution in [2.24, 2.45) is 0 Å². The van der Waals surface area contributed by atoms with Gasteiger partial charge in [-0.15, -0.1) is 10.2 Å². The maximum atomic E-state index is 12.3. The van der Waals surface area contributed by atoms with Crippen molar-refractivity contribution in [1.29, 1.82) is 0 Å². The lowest BCUT2D eigenvalue weighted by Gasteiger charge is -2.04. The van der Waals surface area contributed by atoms with E-state index in [-0.39, 0.29) is 5.91 Å². The Labute approximate surface area is 160 Å². The molecule has 4 aromatic rings. The molecule has 0 saturated carbocycles. The molecule has 6 nitrogen and oxygen atoms in total. The molecule has 0 atom stereocenters. The summed E-state index contributed by atoms with van der Waals surface area (Å²) >= 11 is 6.18. The van der Waals surface area contributed by atoms with Crippen molar-refractivity contribution < 1.29 is 9.53 Å². The van der Waals surface area contributed by atoms with Crippen LogP contribution in [-0.4, -0.2) is 28.0 Å². The third-order valence-corrected chi connectivity index (χ3v) is 4.34. The van der Waals surface area contributed by atoms with Gasteiger partial charge < -0.3 is 10.1 Å². The van der Waals surface area contributed by atoms with E-state index in [1.165, 1.54) is 4.80 Å². The summed E-state index contributed by atoms with van der Waals surface area (Å²) in [6.07, 6.45) is 0. The largest absolute Gasteiger partial charge is 0.495 e. The first kappa shape index (κ1) is 17.1. The van der Waals surface area contributed by atoms with E-state index in [0.29, 0.717) is 38.7 Å². The molecule has 7 heteroatoms. The summed E-state index contributed by atoms with van der Waals surface area (Å²) in [5.74, 6) is 0.410. The number of fused-ring (bicyclic) bond motifs is 1. The zero-order chi connectivity index (χ0) is 18.8. The Balaban J connectivity index is 1.62. The van der Waals surface area contributed by atoms with Gasteiger partial charge in [0, 0.05) is 11.3 Å². The standard InChI is InChI=1S/C20H15ClN4O2/c1-27-19-10-8-15(12-16(19)21)25-23-17-9-7-14(11-18(17)24-25)22-20(26)13-5-3-2-4-6-13/h2-12H,1H3,(H,22,26). The highest BCUT2D eigenvalue weighted by Gasteiger charge is 2.10. The molecule has 4 rings (SSSR count). The zero-order valence-corrected chi connectivity index (χ0v) is 15.1. The topological polar surface area (TPSA) is 69.0 Å². The third kappa shape index (κ3) is 3.47. The molecule has 0 aliphatic heterocycles. The number of aromatic nitrogens is 3. The Kier molecular flexibility index (Phi) is 4.48. The van der Waals surface area contributed by atoms with E-state index in [1.807, 2.05) is 30.3 Å². The number of anilines is 1. The summed E-state index contributed by atoms with van der Waals surface area (Å²) in [6, 6.07) is 19.7. The molecule has 0 radical (unpaired) electrons. The molecule has 0 unspecified atom stereocenters. The van der Waals surface area contributed by atoms with E-state index in [0.717, 1.165) is 0 Å². The Hall–Kier alpha value is -3.38. The minimum absolute atomic E-state index is 0.177. The van der Waals surface area contributed by atoms with Gasteiger partial charge >= 0.3 is 0 Å². The average Bonchev–Trinajstić information content (AvgIpc) is 3.12. The van der Waals surface area contributed by atoms with E-state index < -0.39 is 0 Å². The van der Waals surface area contributed by atoms with Crippen LogP contribution in [0.3, 0.4) is 0 Å². The second kappa shape index (κ2) is 7.09. The maximum absolute atomic E-state index is 12.3. The van der Waals surface area contributed by atoms with E-state index in [4.69, 9.17) is 16.3 Å². The number of carbonyl (C=O) groups is 1. The van der Waals surface area contributed by atoms with Gasteiger partial charge in [0.15, 0.2) is 0 Å². The minimum atomic E-state index is -0.177. The monoisotopic (exact) mass is 378 g/mol. The van der Waals surface area contributed by atoms with Gasteiger partial charge in [-0.3, -0.25) is 4.79 Å². The minimum Gasteiger partial charge on any atom is -0.495 e. The Morgan fingerprint density at radius 1 is 1.00 bits per heavy atom. The zero-order valence-electron chi connectivity index (χ0n) is 14.4. The van der Waals surface area contributed by atoms with Crippen LogP contribution in [-0.2, 0) is 0 Å². The number of carbonyl (C=O) groups excluding carboxylic acids is 1. The molecule has 0 spiro atoms. The van der Waals surface area contributed by atoms with Crippen molar-refractivity contribution in [1.82, 2.24) is 15.0 Å². The van der Waals surface area contributed by atoms with Crippen molar-refractivity contribution in [3.05, 3.63) is 77.3 Å². The van der Waals surface area contributed by atoms with Gasteiger partial charge in [-0.2, -0.15) is 4.80 Å². The second-order valence-corrected chi connectivity index (χ2v) is 6.24. The molecule has 134 valence electrons.